The summed E-state index contributed by atoms with van der Waals surface area (Å²) in [6, 6.07) is 15.1. The molecule has 4 saturated carbocycles. The van der Waals surface area contributed by atoms with Crippen LogP contribution in [0.5, 0.6) is 5.75 Å². The number of halogens is 1. The van der Waals surface area contributed by atoms with Gasteiger partial charge in [-0.25, -0.2) is 0 Å². The maximum absolute atomic E-state index is 6.54. The maximum atomic E-state index is 6.54. The molecule has 2 aromatic rings. The summed E-state index contributed by atoms with van der Waals surface area (Å²) in [6.45, 7) is 7.76. The Hall–Kier alpha value is -1.10. The van der Waals surface area contributed by atoms with Gasteiger partial charge < -0.3 is 9.47 Å². The van der Waals surface area contributed by atoms with Crippen molar-refractivity contribution in [3.8, 4) is 16.9 Å². The molecule has 2 nitrogen and oxygen atoms in total. The van der Waals surface area contributed by atoms with Crippen molar-refractivity contribution in [2.45, 2.75) is 82.8 Å². The largest absolute Gasteiger partial charge is 0.467 e. The van der Waals surface area contributed by atoms with Crippen LogP contribution in [-0.2, 0) is 10.2 Å². The van der Waals surface area contributed by atoms with Crippen LogP contribution < -0.4 is 9.92 Å². The molecule has 4 bridgehead atoms. The first-order valence-electron chi connectivity index (χ1n) is 13.4. The molecule has 0 aliphatic heterocycles. The molecular weight excluding hydrogens is 500 g/mol. The molecule has 4 fully saturated rings. The zero-order valence-corrected chi connectivity index (χ0v) is 24.0. The van der Waals surface area contributed by atoms with Gasteiger partial charge in [-0.05, 0) is 73.3 Å². The first-order valence-corrected chi connectivity index (χ1v) is 17.4. The van der Waals surface area contributed by atoms with E-state index >= 15 is 0 Å². The Morgan fingerprint density at radius 2 is 1.62 bits per heavy atom. The molecule has 0 heterocycles. The van der Waals surface area contributed by atoms with Gasteiger partial charge in [-0.2, -0.15) is 0 Å². The molecule has 0 aromatic heterocycles. The van der Waals surface area contributed by atoms with Crippen molar-refractivity contribution in [1.29, 1.82) is 0 Å². The van der Waals surface area contributed by atoms with Crippen molar-refractivity contribution >= 4 is 29.2 Å². The summed E-state index contributed by atoms with van der Waals surface area (Å²) in [5, 5.41) is 1.60. The van der Waals surface area contributed by atoms with Crippen molar-refractivity contribution < 1.29 is 9.47 Å². The lowest BCUT2D eigenvalue weighted by atomic mass is 9.48. The molecule has 4 heteroatoms. The van der Waals surface area contributed by atoms with E-state index < -0.39 is 8.07 Å². The van der Waals surface area contributed by atoms with Crippen LogP contribution in [0.3, 0.4) is 0 Å². The summed E-state index contributed by atoms with van der Waals surface area (Å²) >= 11 is 3.87. The summed E-state index contributed by atoms with van der Waals surface area (Å²) in [7, 11) is 0.150. The smallest absolute Gasteiger partial charge is 0.188 e. The molecule has 2 aromatic carbocycles. The summed E-state index contributed by atoms with van der Waals surface area (Å²) in [6.07, 6.45) is 11.0. The highest BCUT2D eigenvalue weighted by molar-refractivity contribution is 9.10. The van der Waals surface area contributed by atoms with Gasteiger partial charge in [0.15, 0.2) is 6.79 Å². The van der Waals surface area contributed by atoms with Gasteiger partial charge in [0.25, 0.3) is 0 Å². The Morgan fingerprint density at radius 1 is 0.971 bits per heavy atom. The highest BCUT2D eigenvalue weighted by atomic mass is 79.9. The highest BCUT2D eigenvalue weighted by Gasteiger charge is 2.53. The Balaban J connectivity index is 1.72. The van der Waals surface area contributed by atoms with E-state index in [-0.39, 0.29) is 5.41 Å². The second-order valence-electron chi connectivity index (χ2n) is 12.1. The van der Waals surface area contributed by atoms with E-state index in [4.69, 9.17) is 9.47 Å². The average Bonchev–Trinajstić information content (AvgIpc) is 2.80. The minimum atomic E-state index is -1.58. The SMILES string of the molecule is CCCC[Si](C)(C)c1cc(-c2ccccc2Br)c(OCOC)c(C23CC4CC(CC(C4)C2)C3)c1. The van der Waals surface area contributed by atoms with Gasteiger partial charge in [-0.15, -0.1) is 0 Å². The van der Waals surface area contributed by atoms with Crippen LogP contribution in [0.4, 0.5) is 0 Å². The second kappa shape index (κ2) is 9.75. The van der Waals surface area contributed by atoms with E-state index in [1.165, 1.54) is 74.1 Å². The van der Waals surface area contributed by atoms with Gasteiger partial charge >= 0.3 is 0 Å². The standard InChI is InChI=1S/C30H41BrO2Si/c1-5-6-11-34(3,4)24-15-26(25-9-7-8-10-28(25)31)29(33-20-32-2)27(16-24)30-17-21-12-22(18-30)14-23(13-21)19-30/h7-10,15-16,21-23H,5-6,11-14,17-20H2,1-4H3. The molecule has 0 saturated heterocycles. The number of methoxy groups -OCH3 is 1. The lowest BCUT2D eigenvalue weighted by molar-refractivity contribution is -0.00870. The van der Waals surface area contributed by atoms with Crippen molar-refractivity contribution in [2.24, 2.45) is 17.8 Å². The molecule has 0 unspecified atom stereocenters. The van der Waals surface area contributed by atoms with E-state index in [0.29, 0.717) is 6.79 Å². The number of hydrogen-bond donors (Lipinski definition) is 0. The number of unbranched alkanes of at least 4 members (excludes halogenated alkanes) is 1. The molecular formula is C30H41BrO2Si. The molecule has 0 spiro atoms. The topological polar surface area (TPSA) is 18.5 Å². The van der Waals surface area contributed by atoms with Crippen molar-refractivity contribution in [3.63, 3.8) is 0 Å². The van der Waals surface area contributed by atoms with Crippen molar-refractivity contribution in [3.05, 3.63) is 46.4 Å². The van der Waals surface area contributed by atoms with E-state index in [1.54, 1.807) is 12.3 Å². The van der Waals surface area contributed by atoms with E-state index in [0.717, 1.165) is 28.0 Å². The van der Waals surface area contributed by atoms with Crippen LogP contribution in [0.1, 0.15) is 63.9 Å². The minimum absolute atomic E-state index is 0.277. The summed E-state index contributed by atoms with van der Waals surface area (Å²) in [5.41, 5.74) is 4.27. The Labute approximate surface area is 216 Å². The molecule has 4 aliphatic carbocycles. The molecule has 34 heavy (non-hydrogen) atoms. The fourth-order valence-electron chi connectivity index (χ4n) is 7.77. The Kier molecular flexibility index (Phi) is 7.05. The third-order valence-corrected chi connectivity index (χ3v) is 13.3. The number of hydrogen-bond acceptors (Lipinski definition) is 2. The first kappa shape index (κ1) is 24.6. The van der Waals surface area contributed by atoms with Crippen LogP contribution >= 0.6 is 15.9 Å². The van der Waals surface area contributed by atoms with Crippen LogP contribution in [0.2, 0.25) is 19.1 Å². The normalized spacial score (nSPS) is 27.9. The molecule has 0 radical (unpaired) electrons. The predicted molar refractivity (Wildman–Crippen MR) is 149 cm³/mol. The average molecular weight is 542 g/mol. The number of ether oxygens (including phenoxy) is 2. The maximum Gasteiger partial charge on any atom is 0.188 e. The van der Waals surface area contributed by atoms with E-state index in [9.17, 15) is 0 Å². The number of benzene rings is 2. The monoisotopic (exact) mass is 540 g/mol. The van der Waals surface area contributed by atoms with E-state index in [2.05, 4.69) is 72.3 Å². The zero-order chi connectivity index (χ0) is 23.9. The van der Waals surface area contributed by atoms with Gasteiger partial charge in [-0.1, -0.05) is 90.4 Å². The van der Waals surface area contributed by atoms with Gasteiger partial charge in [0.05, 0.1) is 8.07 Å². The Bertz CT molecular complexity index is 995. The molecule has 4 aliphatic rings. The quantitative estimate of drug-likeness (QED) is 0.235. The fourth-order valence-corrected chi connectivity index (χ4v) is 10.9. The lowest BCUT2D eigenvalue weighted by Crippen LogP contribution is -2.50. The van der Waals surface area contributed by atoms with E-state index in [1.807, 2.05) is 0 Å². The summed E-state index contributed by atoms with van der Waals surface area (Å²) in [4.78, 5) is 0. The third kappa shape index (κ3) is 4.55. The number of rotatable bonds is 9. The van der Waals surface area contributed by atoms with Gasteiger partial charge in [-0.3, -0.25) is 0 Å². The summed E-state index contributed by atoms with van der Waals surface area (Å²) in [5.74, 6) is 3.80. The van der Waals surface area contributed by atoms with Gasteiger partial charge in [0, 0.05) is 22.7 Å². The molecule has 6 rings (SSSR count). The Morgan fingerprint density at radius 3 is 2.21 bits per heavy atom. The first-order chi connectivity index (χ1) is 16.3. The van der Waals surface area contributed by atoms with Crippen LogP contribution in [0.25, 0.3) is 11.1 Å². The molecule has 0 atom stereocenters. The third-order valence-electron chi connectivity index (χ3n) is 9.12. The van der Waals surface area contributed by atoms with Gasteiger partial charge in [0.1, 0.15) is 5.75 Å². The summed E-state index contributed by atoms with van der Waals surface area (Å²) < 4.78 is 13.1. The van der Waals surface area contributed by atoms with Crippen molar-refractivity contribution in [2.75, 3.05) is 13.9 Å². The highest BCUT2D eigenvalue weighted by Crippen LogP contribution is 2.62. The molecule has 0 amide bonds. The van der Waals surface area contributed by atoms with Gasteiger partial charge in [0.2, 0.25) is 0 Å². The second-order valence-corrected chi connectivity index (χ2v) is 17.8. The van der Waals surface area contributed by atoms with Crippen molar-refractivity contribution in [1.82, 2.24) is 0 Å². The predicted octanol–water partition coefficient (Wildman–Crippen LogP) is 8.28. The molecule has 0 N–H and O–H groups in total. The van der Waals surface area contributed by atoms with Crippen LogP contribution in [0.15, 0.2) is 40.9 Å². The molecule has 184 valence electrons. The van der Waals surface area contributed by atoms with Crippen LogP contribution in [-0.4, -0.2) is 22.0 Å². The fraction of sp³-hybridized carbons (Fsp3) is 0.600. The van der Waals surface area contributed by atoms with Crippen LogP contribution in [0, 0.1) is 17.8 Å². The minimum Gasteiger partial charge on any atom is -0.467 e. The zero-order valence-electron chi connectivity index (χ0n) is 21.5. The lowest BCUT2D eigenvalue weighted by Gasteiger charge is -2.57.